The van der Waals surface area contributed by atoms with Crippen molar-refractivity contribution in [2.75, 3.05) is 29.2 Å². The highest BCUT2D eigenvalue weighted by molar-refractivity contribution is 6.29. The van der Waals surface area contributed by atoms with Gasteiger partial charge in [0.1, 0.15) is 5.88 Å². The van der Waals surface area contributed by atoms with Crippen LogP contribution in [0.2, 0.25) is 0 Å². The fourth-order valence-corrected chi connectivity index (χ4v) is 1.77. The van der Waals surface area contributed by atoms with E-state index >= 15 is 0 Å². The maximum atomic E-state index is 11.6. The number of anilines is 2. The lowest BCUT2D eigenvalue weighted by Crippen LogP contribution is -2.29. The van der Waals surface area contributed by atoms with E-state index in [0.717, 1.165) is 0 Å². The van der Waals surface area contributed by atoms with Gasteiger partial charge in [-0.3, -0.25) is 9.69 Å². The number of hydrogen-bond donors (Lipinski definition) is 2. The van der Waals surface area contributed by atoms with E-state index in [4.69, 9.17) is 11.6 Å². The van der Waals surface area contributed by atoms with Crippen LogP contribution < -0.4 is 15.5 Å². The smallest absolute Gasteiger partial charge is 0.322 e. The highest BCUT2D eigenvalue weighted by atomic mass is 35.5. The fourth-order valence-electron chi connectivity index (χ4n) is 1.70. The molecule has 0 radical (unpaired) electrons. The molecule has 17 heavy (non-hydrogen) atoms. The van der Waals surface area contributed by atoms with Crippen LogP contribution in [0.15, 0.2) is 24.3 Å². The minimum absolute atomic E-state index is 0.111. The maximum Gasteiger partial charge on any atom is 0.322 e. The molecule has 0 unspecified atom stereocenters. The Kier molecular flexibility index (Phi) is 3.49. The van der Waals surface area contributed by atoms with E-state index in [-0.39, 0.29) is 17.8 Å². The summed E-state index contributed by atoms with van der Waals surface area (Å²) in [6.45, 7) is 1.20. The lowest BCUT2D eigenvalue weighted by Gasteiger charge is -2.18. The molecule has 1 saturated heterocycles. The molecule has 2 N–H and O–H groups in total. The molecule has 0 spiro atoms. The van der Waals surface area contributed by atoms with Gasteiger partial charge in [-0.25, -0.2) is 4.79 Å². The van der Waals surface area contributed by atoms with Crippen molar-refractivity contribution in [2.24, 2.45) is 0 Å². The van der Waals surface area contributed by atoms with Crippen LogP contribution in [0.3, 0.4) is 0 Å². The largest absolute Gasteiger partial charge is 0.336 e. The second kappa shape index (κ2) is 5.05. The number of carbonyl (C=O) groups is 2. The Balaban J connectivity index is 2.27. The van der Waals surface area contributed by atoms with E-state index in [2.05, 4.69) is 10.6 Å². The third kappa shape index (κ3) is 2.50. The number of amides is 3. The number of urea groups is 1. The highest BCUT2D eigenvalue weighted by Gasteiger charge is 2.23. The number of nitrogens with zero attached hydrogens (tertiary/aromatic N) is 1. The number of rotatable bonds is 3. The minimum Gasteiger partial charge on any atom is -0.336 e. The molecule has 0 aliphatic carbocycles. The first-order valence-electron chi connectivity index (χ1n) is 5.22. The molecule has 0 saturated carbocycles. The fraction of sp³-hybridized carbons (Fsp3) is 0.273. The first-order chi connectivity index (χ1) is 8.22. The lowest BCUT2D eigenvalue weighted by atomic mass is 10.2. The molecule has 6 heteroatoms. The molecule has 1 aliphatic rings. The highest BCUT2D eigenvalue weighted by Crippen LogP contribution is 2.26. The van der Waals surface area contributed by atoms with Gasteiger partial charge < -0.3 is 10.6 Å². The Bertz CT molecular complexity index is 450. The third-order valence-corrected chi connectivity index (χ3v) is 2.69. The molecule has 0 bridgehead atoms. The van der Waals surface area contributed by atoms with E-state index in [9.17, 15) is 9.59 Å². The maximum absolute atomic E-state index is 11.6. The van der Waals surface area contributed by atoms with Gasteiger partial charge in [0.05, 0.1) is 11.4 Å². The molecular weight excluding hydrogens is 242 g/mol. The average molecular weight is 254 g/mol. The number of halogens is 1. The monoisotopic (exact) mass is 253 g/mol. The molecule has 5 nitrogen and oxygen atoms in total. The molecule has 1 aromatic rings. The predicted molar refractivity (Wildman–Crippen MR) is 66.5 cm³/mol. The van der Waals surface area contributed by atoms with Gasteiger partial charge in [-0.1, -0.05) is 12.1 Å². The summed E-state index contributed by atoms with van der Waals surface area (Å²) in [6.07, 6.45) is 0. The van der Waals surface area contributed by atoms with Crippen LogP contribution in [0.25, 0.3) is 0 Å². The van der Waals surface area contributed by atoms with Crippen molar-refractivity contribution in [3.8, 4) is 0 Å². The quantitative estimate of drug-likeness (QED) is 0.800. The molecule has 1 aliphatic heterocycles. The van der Waals surface area contributed by atoms with Crippen LogP contribution in [-0.4, -0.2) is 30.9 Å². The zero-order chi connectivity index (χ0) is 12.3. The first-order valence-corrected chi connectivity index (χ1v) is 5.76. The van der Waals surface area contributed by atoms with Gasteiger partial charge in [0.2, 0.25) is 5.91 Å². The van der Waals surface area contributed by atoms with E-state index in [1.807, 2.05) is 6.07 Å². The van der Waals surface area contributed by atoms with Crippen molar-refractivity contribution >= 4 is 34.9 Å². The first kappa shape index (κ1) is 11.7. The van der Waals surface area contributed by atoms with Crippen LogP contribution in [-0.2, 0) is 4.79 Å². The number of nitrogens with one attached hydrogen (secondary N) is 2. The van der Waals surface area contributed by atoms with E-state index in [0.29, 0.717) is 24.5 Å². The van der Waals surface area contributed by atoms with Gasteiger partial charge >= 0.3 is 6.03 Å². The molecule has 0 atom stereocenters. The summed E-state index contributed by atoms with van der Waals surface area (Å²) in [5.41, 5.74) is 1.27. The lowest BCUT2D eigenvalue weighted by molar-refractivity contribution is -0.113. The molecule has 1 aromatic carbocycles. The van der Waals surface area contributed by atoms with Gasteiger partial charge in [0.25, 0.3) is 0 Å². The van der Waals surface area contributed by atoms with Crippen molar-refractivity contribution in [3.05, 3.63) is 24.3 Å². The van der Waals surface area contributed by atoms with E-state index in [1.54, 1.807) is 23.1 Å². The number of alkyl halides is 1. The van der Waals surface area contributed by atoms with Crippen molar-refractivity contribution < 1.29 is 9.59 Å². The van der Waals surface area contributed by atoms with Gasteiger partial charge in [-0.2, -0.15) is 0 Å². The van der Waals surface area contributed by atoms with E-state index < -0.39 is 0 Å². The van der Waals surface area contributed by atoms with Crippen molar-refractivity contribution in [1.82, 2.24) is 5.32 Å². The summed E-state index contributed by atoms with van der Waals surface area (Å²) in [7, 11) is 0. The SMILES string of the molecule is O=C(CCl)Nc1ccccc1N1CCNC1=O. The van der Waals surface area contributed by atoms with Crippen LogP contribution in [0.4, 0.5) is 16.2 Å². The Morgan fingerprint density at radius 2 is 2.24 bits per heavy atom. The zero-order valence-corrected chi connectivity index (χ0v) is 9.83. The standard InChI is InChI=1S/C11H12ClN3O2/c12-7-10(16)14-8-3-1-2-4-9(8)15-6-5-13-11(15)17/h1-4H,5-7H2,(H,13,17)(H,14,16). The molecule has 1 fully saturated rings. The predicted octanol–water partition coefficient (Wildman–Crippen LogP) is 1.39. The summed E-state index contributed by atoms with van der Waals surface area (Å²) >= 11 is 5.44. The van der Waals surface area contributed by atoms with Crippen molar-refractivity contribution in [1.29, 1.82) is 0 Å². The normalized spacial score (nSPS) is 14.6. The van der Waals surface area contributed by atoms with Crippen LogP contribution >= 0.6 is 11.6 Å². The third-order valence-electron chi connectivity index (χ3n) is 2.45. The molecule has 2 rings (SSSR count). The Morgan fingerprint density at radius 3 is 2.88 bits per heavy atom. The van der Waals surface area contributed by atoms with Gasteiger partial charge in [0.15, 0.2) is 0 Å². The summed E-state index contributed by atoms with van der Waals surface area (Å²) < 4.78 is 0. The number of carbonyl (C=O) groups excluding carboxylic acids is 2. The Hall–Kier alpha value is -1.75. The zero-order valence-electron chi connectivity index (χ0n) is 9.07. The van der Waals surface area contributed by atoms with Gasteiger partial charge in [0, 0.05) is 13.1 Å². The van der Waals surface area contributed by atoms with Crippen LogP contribution in [0.1, 0.15) is 0 Å². The molecule has 90 valence electrons. The topological polar surface area (TPSA) is 61.4 Å². The summed E-state index contributed by atoms with van der Waals surface area (Å²) in [6, 6.07) is 6.98. The molecular formula is C11H12ClN3O2. The summed E-state index contributed by atoms with van der Waals surface area (Å²) in [5, 5.41) is 5.38. The molecule has 0 aromatic heterocycles. The molecule has 3 amide bonds. The number of para-hydroxylation sites is 2. The van der Waals surface area contributed by atoms with Gasteiger partial charge in [-0.15, -0.1) is 11.6 Å². The summed E-state index contributed by atoms with van der Waals surface area (Å²) in [4.78, 5) is 24.4. The van der Waals surface area contributed by atoms with Crippen molar-refractivity contribution in [3.63, 3.8) is 0 Å². The van der Waals surface area contributed by atoms with Crippen LogP contribution in [0.5, 0.6) is 0 Å². The Labute approximate surface area is 104 Å². The molecule has 1 heterocycles. The Morgan fingerprint density at radius 1 is 1.47 bits per heavy atom. The second-order valence-corrected chi connectivity index (χ2v) is 3.85. The minimum atomic E-state index is -0.293. The van der Waals surface area contributed by atoms with E-state index in [1.165, 1.54) is 0 Å². The van der Waals surface area contributed by atoms with Crippen LogP contribution in [0, 0.1) is 0 Å². The number of benzene rings is 1. The summed E-state index contributed by atoms with van der Waals surface area (Å²) in [5.74, 6) is -0.403. The number of hydrogen-bond acceptors (Lipinski definition) is 2. The van der Waals surface area contributed by atoms with Gasteiger partial charge in [-0.05, 0) is 12.1 Å². The second-order valence-electron chi connectivity index (χ2n) is 3.58. The van der Waals surface area contributed by atoms with Crippen molar-refractivity contribution in [2.45, 2.75) is 0 Å². The average Bonchev–Trinajstić information content (AvgIpc) is 2.76.